The molecule has 1 unspecified atom stereocenters. The fourth-order valence-corrected chi connectivity index (χ4v) is 4.96. The molecule has 0 heterocycles. The molecule has 0 fully saturated rings. The molecule has 0 radical (unpaired) electrons. The maximum Gasteiger partial charge on any atom is 0.181 e. The maximum absolute atomic E-state index is 12.6. The van der Waals surface area contributed by atoms with Crippen LogP contribution in [0, 0.1) is 0 Å². The van der Waals surface area contributed by atoms with E-state index in [2.05, 4.69) is 22.0 Å². The maximum atomic E-state index is 12.6. The van der Waals surface area contributed by atoms with Gasteiger partial charge in [0.15, 0.2) is 17.3 Å². The molecule has 2 aromatic rings. The van der Waals surface area contributed by atoms with Crippen LogP contribution in [0.1, 0.15) is 72.4 Å². The van der Waals surface area contributed by atoms with Crippen molar-refractivity contribution in [2.24, 2.45) is 0 Å². The van der Waals surface area contributed by atoms with Crippen LogP contribution in [0.4, 0.5) is 0 Å². The number of carbonyl (C=O) groups excluding carboxylic acids is 1. The topological polar surface area (TPSA) is 35.5 Å². The molecule has 2 aliphatic rings. The SMILES string of the molecule is CC(C)Oc1cc2c3c(c4c(c2cc1OC(C)C)C(=O)C4Br)CCCC3. The molecule has 26 heavy (non-hydrogen) atoms. The third kappa shape index (κ3) is 2.74. The van der Waals surface area contributed by atoms with Crippen LogP contribution in [-0.2, 0) is 12.8 Å². The van der Waals surface area contributed by atoms with E-state index in [4.69, 9.17) is 9.47 Å². The lowest BCUT2D eigenvalue weighted by Gasteiger charge is -2.33. The molecular weight excluding hydrogens is 392 g/mol. The molecule has 4 heteroatoms. The molecule has 0 aliphatic heterocycles. The standard InChI is InChI=1S/C22H25BrO3/c1-11(2)25-17-9-15-13-7-5-6-8-14(13)19-20(22(24)21(19)23)16(15)10-18(17)26-12(3)4/h9-12,21H,5-8H2,1-4H3. The lowest BCUT2D eigenvalue weighted by molar-refractivity contribution is 0.0967. The Kier molecular flexibility index (Phi) is 4.50. The number of halogens is 1. The quantitative estimate of drug-likeness (QED) is 0.579. The van der Waals surface area contributed by atoms with Crippen LogP contribution in [0.5, 0.6) is 11.5 Å². The van der Waals surface area contributed by atoms with E-state index in [-0.39, 0.29) is 22.8 Å². The summed E-state index contributed by atoms with van der Waals surface area (Å²) in [7, 11) is 0. The van der Waals surface area contributed by atoms with Crippen molar-refractivity contribution in [1.82, 2.24) is 0 Å². The molecule has 2 aromatic carbocycles. The van der Waals surface area contributed by atoms with Gasteiger partial charge in [-0.25, -0.2) is 0 Å². The van der Waals surface area contributed by atoms with Crippen molar-refractivity contribution >= 4 is 32.5 Å². The Morgan fingerprint density at radius 1 is 0.923 bits per heavy atom. The van der Waals surface area contributed by atoms with Crippen molar-refractivity contribution < 1.29 is 14.3 Å². The first-order valence-electron chi connectivity index (χ1n) is 9.55. The first-order chi connectivity index (χ1) is 12.4. The van der Waals surface area contributed by atoms with Gasteiger partial charge in [0.05, 0.1) is 12.2 Å². The number of ether oxygens (including phenoxy) is 2. The highest BCUT2D eigenvalue weighted by atomic mass is 79.9. The Morgan fingerprint density at radius 3 is 2.04 bits per heavy atom. The number of fused-ring (bicyclic) bond motifs is 6. The minimum atomic E-state index is -0.144. The summed E-state index contributed by atoms with van der Waals surface area (Å²) in [6.45, 7) is 8.06. The Balaban J connectivity index is 2.01. The fraction of sp³-hybridized carbons (Fsp3) is 0.500. The Bertz CT molecular complexity index is 898. The Labute approximate surface area is 163 Å². The van der Waals surface area contributed by atoms with Crippen molar-refractivity contribution in [2.45, 2.75) is 70.4 Å². The lowest BCUT2D eigenvalue weighted by Crippen LogP contribution is -2.27. The van der Waals surface area contributed by atoms with Gasteiger partial charge < -0.3 is 9.47 Å². The minimum Gasteiger partial charge on any atom is -0.487 e. The smallest absolute Gasteiger partial charge is 0.181 e. The monoisotopic (exact) mass is 416 g/mol. The average Bonchev–Trinajstić information content (AvgIpc) is 2.59. The first-order valence-corrected chi connectivity index (χ1v) is 10.5. The molecule has 0 bridgehead atoms. The number of carbonyl (C=O) groups is 1. The first kappa shape index (κ1) is 17.8. The van der Waals surface area contributed by atoms with Crippen LogP contribution < -0.4 is 9.47 Å². The van der Waals surface area contributed by atoms with Gasteiger partial charge in [-0.1, -0.05) is 15.9 Å². The van der Waals surface area contributed by atoms with Gasteiger partial charge in [-0.15, -0.1) is 0 Å². The van der Waals surface area contributed by atoms with Crippen LogP contribution >= 0.6 is 15.9 Å². The fourth-order valence-electron chi connectivity index (χ4n) is 4.23. The third-order valence-electron chi connectivity index (χ3n) is 5.20. The predicted octanol–water partition coefficient (Wildman–Crippen LogP) is 5.93. The minimum absolute atomic E-state index is 0.0464. The van der Waals surface area contributed by atoms with Crippen LogP contribution in [-0.4, -0.2) is 18.0 Å². The van der Waals surface area contributed by atoms with Crippen LogP contribution in [0.15, 0.2) is 12.1 Å². The van der Waals surface area contributed by atoms with Crippen molar-refractivity contribution in [3.05, 3.63) is 34.4 Å². The number of hydrogen-bond acceptors (Lipinski definition) is 3. The van der Waals surface area contributed by atoms with Gasteiger partial charge in [-0.05, 0) is 93.0 Å². The van der Waals surface area contributed by atoms with E-state index in [1.54, 1.807) is 0 Å². The van der Waals surface area contributed by atoms with E-state index >= 15 is 0 Å². The number of aryl methyl sites for hydroxylation is 1. The van der Waals surface area contributed by atoms with Gasteiger partial charge >= 0.3 is 0 Å². The average molecular weight is 417 g/mol. The van der Waals surface area contributed by atoms with Crippen LogP contribution in [0.2, 0.25) is 0 Å². The highest BCUT2D eigenvalue weighted by Gasteiger charge is 2.40. The molecule has 0 aromatic heterocycles. The molecule has 0 saturated heterocycles. The van der Waals surface area contributed by atoms with Crippen molar-refractivity contribution in [3.8, 4) is 11.5 Å². The van der Waals surface area contributed by atoms with E-state index in [1.165, 1.54) is 29.5 Å². The van der Waals surface area contributed by atoms with E-state index in [9.17, 15) is 4.79 Å². The molecule has 0 spiro atoms. The summed E-state index contributed by atoms with van der Waals surface area (Å²) < 4.78 is 12.1. The van der Waals surface area contributed by atoms with Gasteiger partial charge in [-0.2, -0.15) is 0 Å². The lowest BCUT2D eigenvalue weighted by atomic mass is 9.73. The van der Waals surface area contributed by atoms with E-state index in [1.807, 2.05) is 33.8 Å². The Morgan fingerprint density at radius 2 is 1.46 bits per heavy atom. The summed E-state index contributed by atoms with van der Waals surface area (Å²) in [5.41, 5.74) is 4.87. The highest BCUT2D eigenvalue weighted by molar-refractivity contribution is 9.09. The van der Waals surface area contributed by atoms with Gasteiger partial charge in [0.1, 0.15) is 4.83 Å². The zero-order chi connectivity index (χ0) is 18.6. The summed E-state index contributed by atoms with van der Waals surface area (Å²) in [6.07, 6.45) is 4.64. The second-order valence-corrected chi connectivity index (χ2v) is 8.77. The highest BCUT2D eigenvalue weighted by Crippen LogP contribution is 2.51. The van der Waals surface area contributed by atoms with Gasteiger partial charge in [0, 0.05) is 5.56 Å². The van der Waals surface area contributed by atoms with E-state index in [0.29, 0.717) is 0 Å². The largest absolute Gasteiger partial charge is 0.487 e. The number of hydrogen-bond donors (Lipinski definition) is 0. The van der Waals surface area contributed by atoms with E-state index in [0.717, 1.165) is 40.7 Å². The molecule has 138 valence electrons. The molecule has 4 rings (SSSR count). The van der Waals surface area contributed by atoms with Crippen LogP contribution in [0.3, 0.4) is 0 Å². The molecular formula is C22H25BrO3. The summed E-state index contributed by atoms with van der Waals surface area (Å²) >= 11 is 3.59. The zero-order valence-electron chi connectivity index (χ0n) is 15.8. The van der Waals surface area contributed by atoms with Crippen molar-refractivity contribution in [3.63, 3.8) is 0 Å². The second-order valence-electron chi connectivity index (χ2n) is 7.86. The number of ketones is 1. The predicted molar refractivity (Wildman–Crippen MR) is 108 cm³/mol. The summed E-state index contributed by atoms with van der Waals surface area (Å²) in [6, 6.07) is 4.13. The molecule has 0 saturated carbocycles. The summed E-state index contributed by atoms with van der Waals surface area (Å²) in [5, 5.41) is 2.19. The molecule has 0 amide bonds. The number of rotatable bonds is 4. The van der Waals surface area contributed by atoms with Gasteiger partial charge in [0.25, 0.3) is 0 Å². The van der Waals surface area contributed by atoms with E-state index < -0.39 is 0 Å². The molecule has 3 nitrogen and oxygen atoms in total. The molecule has 2 aliphatic carbocycles. The van der Waals surface area contributed by atoms with Crippen molar-refractivity contribution in [2.75, 3.05) is 0 Å². The van der Waals surface area contributed by atoms with Crippen LogP contribution in [0.25, 0.3) is 10.8 Å². The molecule has 1 atom stereocenters. The van der Waals surface area contributed by atoms with Crippen molar-refractivity contribution in [1.29, 1.82) is 0 Å². The molecule has 0 N–H and O–H groups in total. The third-order valence-corrected chi connectivity index (χ3v) is 6.07. The summed E-state index contributed by atoms with van der Waals surface area (Å²) in [5.74, 6) is 1.69. The number of benzene rings is 2. The number of alkyl halides is 1. The Hall–Kier alpha value is -1.55. The second kappa shape index (κ2) is 6.56. The zero-order valence-corrected chi connectivity index (χ0v) is 17.4. The van der Waals surface area contributed by atoms with Gasteiger partial charge in [-0.3, -0.25) is 4.79 Å². The number of Topliss-reactive ketones (excluding diaryl/α,β-unsaturated/α-hetero) is 1. The van der Waals surface area contributed by atoms with Gasteiger partial charge in [0.2, 0.25) is 0 Å². The normalized spacial score (nSPS) is 18.7. The summed E-state index contributed by atoms with van der Waals surface area (Å²) in [4.78, 5) is 12.5.